The number of benzene rings is 1. The van der Waals surface area contributed by atoms with Crippen LogP contribution in [0.4, 0.5) is 17.1 Å². The Kier molecular flexibility index (Phi) is 5.01. The fraction of sp³-hybridized carbons (Fsp3) is 0.600. The van der Waals surface area contributed by atoms with E-state index in [1.807, 2.05) is 19.2 Å². The molecule has 2 rings (SSSR count). The minimum Gasteiger partial charge on any atom is -0.382 e. The van der Waals surface area contributed by atoms with E-state index < -0.39 is 0 Å². The molecule has 0 spiro atoms. The standard InChI is InChI=1S/C15H24N4O2/c1-4-18-10-8-12(9-11-18)17(3)14-7-5-6-13(16-2)15(14)19(20)21/h5-7,12,16H,4,8-11H2,1-3H3. The van der Waals surface area contributed by atoms with Gasteiger partial charge in [0.15, 0.2) is 0 Å². The zero-order valence-corrected chi connectivity index (χ0v) is 13.0. The predicted molar refractivity (Wildman–Crippen MR) is 86.2 cm³/mol. The molecule has 1 saturated heterocycles. The van der Waals surface area contributed by atoms with Gasteiger partial charge < -0.3 is 15.1 Å². The van der Waals surface area contributed by atoms with E-state index in [-0.39, 0.29) is 10.6 Å². The van der Waals surface area contributed by atoms with Crippen molar-refractivity contribution in [3.8, 4) is 0 Å². The van der Waals surface area contributed by atoms with Crippen molar-refractivity contribution in [2.24, 2.45) is 0 Å². The largest absolute Gasteiger partial charge is 0.382 e. The molecule has 1 heterocycles. The van der Waals surface area contributed by atoms with Crippen molar-refractivity contribution in [3.63, 3.8) is 0 Å². The third kappa shape index (κ3) is 3.26. The van der Waals surface area contributed by atoms with Crippen LogP contribution in [0.25, 0.3) is 0 Å². The number of piperidine rings is 1. The molecular weight excluding hydrogens is 268 g/mol. The lowest BCUT2D eigenvalue weighted by molar-refractivity contribution is -0.383. The van der Waals surface area contributed by atoms with Gasteiger partial charge in [-0.25, -0.2) is 0 Å². The van der Waals surface area contributed by atoms with Crippen molar-refractivity contribution in [1.29, 1.82) is 0 Å². The molecular formula is C15H24N4O2. The molecule has 6 nitrogen and oxygen atoms in total. The van der Waals surface area contributed by atoms with Gasteiger partial charge in [0.25, 0.3) is 0 Å². The lowest BCUT2D eigenvalue weighted by Crippen LogP contribution is -2.43. The summed E-state index contributed by atoms with van der Waals surface area (Å²) in [5, 5.41) is 14.3. The molecule has 0 saturated carbocycles. The lowest BCUT2D eigenvalue weighted by atomic mass is 10.0. The number of hydrogen-bond donors (Lipinski definition) is 1. The summed E-state index contributed by atoms with van der Waals surface area (Å²) in [6.45, 7) is 5.37. The molecule has 21 heavy (non-hydrogen) atoms. The zero-order valence-electron chi connectivity index (χ0n) is 13.0. The Morgan fingerprint density at radius 3 is 2.62 bits per heavy atom. The highest BCUT2D eigenvalue weighted by atomic mass is 16.6. The van der Waals surface area contributed by atoms with Gasteiger partial charge in [-0.3, -0.25) is 10.1 Å². The Bertz CT molecular complexity index is 498. The van der Waals surface area contributed by atoms with E-state index in [2.05, 4.69) is 22.0 Å². The van der Waals surface area contributed by atoms with E-state index in [4.69, 9.17) is 0 Å². The van der Waals surface area contributed by atoms with Crippen LogP contribution in [0.3, 0.4) is 0 Å². The van der Waals surface area contributed by atoms with Gasteiger partial charge >= 0.3 is 5.69 Å². The molecule has 0 aliphatic carbocycles. The molecule has 1 aliphatic heterocycles. The maximum Gasteiger partial charge on any atom is 0.315 e. The number of nitrogens with one attached hydrogen (secondary N) is 1. The Balaban J connectivity index is 2.23. The fourth-order valence-electron chi connectivity index (χ4n) is 3.03. The van der Waals surface area contributed by atoms with Crippen molar-refractivity contribution in [3.05, 3.63) is 28.3 Å². The summed E-state index contributed by atoms with van der Waals surface area (Å²) in [6.07, 6.45) is 2.09. The minimum atomic E-state index is -0.293. The van der Waals surface area contributed by atoms with Gasteiger partial charge in [0.2, 0.25) is 0 Å². The van der Waals surface area contributed by atoms with Crippen LogP contribution in [-0.2, 0) is 0 Å². The Labute approximate surface area is 125 Å². The molecule has 1 fully saturated rings. The average Bonchev–Trinajstić information content (AvgIpc) is 2.53. The molecule has 1 N–H and O–H groups in total. The molecule has 0 radical (unpaired) electrons. The van der Waals surface area contributed by atoms with E-state index in [0.29, 0.717) is 17.4 Å². The molecule has 0 atom stereocenters. The second-order valence-corrected chi connectivity index (χ2v) is 5.46. The van der Waals surface area contributed by atoms with Crippen LogP contribution in [0.2, 0.25) is 0 Å². The summed E-state index contributed by atoms with van der Waals surface area (Å²) in [5.74, 6) is 0. The molecule has 1 aromatic rings. The Hall–Kier alpha value is -1.82. The van der Waals surface area contributed by atoms with Gasteiger partial charge in [-0.2, -0.15) is 0 Å². The first kappa shape index (κ1) is 15.6. The SMILES string of the molecule is CCN1CCC(N(C)c2cccc(NC)c2[N+](=O)[O-])CC1. The van der Waals surface area contributed by atoms with Gasteiger partial charge in [0.1, 0.15) is 11.4 Å². The first-order valence-electron chi connectivity index (χ1n) is 7.48. The molecule has 0 unspecified atom stereocenters. The van der Waals surface area contributed by atoms with Crippen molar-refractivity contribution >= 4 is 17.1 Å². The number of nitro benzene ring substituents is 1. The second kappa shape index (κ2) is 6.76. The smallest absolute Gasteiger partial charge is 0.315 e. The fourth-order valence-corrected chi connectivity index (χ4v) is 3.03. The van der Waals surface area contributed by atoms with Crippen molar-refractivity contribution in [2.45, 2.75) is 25.8 Å². The quantitative estimate of drug-likeness (QED) is 0.667. The number of nitrogens with zero attached hydrogens (tertiary/aromatic N) is 3. The van der Waals surface area contributed by atoms with E-state index in [1.165, 1.54) is 0 Å². The second-order valence-electron chi connectivity index (χ2n) is 5.46. The van der Waals surface area contributed by atoms with Crippen LogP contribution < -0.4 is 10.2 Å². The van der Waals surface area contributed by atoms with E-state index in [1.54, 1.807) is 13.1 Å². The van der Waals surface area contributed by atoms with Crippen molar-refractivity contribution < 1.29 is 4.92 Å². The maximum absolute atomic E-state index is 11.4. The number of rotatable bonds is 5. The van der Waals surface area contributed by atoms with Crippen LogP contribution in [0.1, 0.15) is 19.8 Å². The summed E-state index contributed by atoms with van der Waals surface area (Å²) < 4.78 is 0. The highest BCUT2D eigenvalue weighted by Crippen LogP contribution is 2.36. The van der Waals surface area contributed by atoms with Gasteiger partial charge in [0.05, 0.1) is 4.92 Å². The van der Waals surface area contributed by atoms with E-state index >= 15 is 0 Å². The number of anilines is 2. The summed E-state index contributed by atoms with van der Waals surface area (Å²) in [5.41, 5.74) is 1.43. The molecule has 0 bridgehead atoms. The molecule has 6 heteroatoms. The van der Waals surface area contributed by atoms with Crippen LogP contribution >= 0.6 is 0 Å². The van der Waals surface area contributed by atoms with Crippen LogP contribution in [0.15, 0.2) is 18.2 Å². The molecule has 0 amide bonds. The summed E-state index contributed by atoms with van der Waals surface area (Å²) in [7, 11) is 3.68. The third-order valence-electron chi connectivity index (χ3n) is 4.40. The van der Waals surface area contributed by atoms with Crippen molar-refractivity contribution in [1.82, 2.24) is 4.90 Å². The normalized spacial score (nSPS) is 16.7. The first-order chi connectivity index (χ1) is 10.1. The van der Waals surface area contributed by atoms with E-state index in [0.717, 1.165) is 32.5 Å². The maximum atomic E-state index is 11.4. The summed E-state index contributed by atoms with van der Waals surface area (Å²) in [6, 6.07) is 5.81. The summed E-state index contributed by atoms with van der Waals surface area (Å²) in [4.78, 5) is 15.6. The van der Waals surface area contributed by atoms with Crippen LogP contribution in [0, 0.1) is 10.1 Å². The van der Waals surface area contributed by atoms with Crippen molar-refractivity contribution in [2.75, 3.05) is 43.9 Å². The molecule has 116 valence electrons. The average molecular weight is 292 g/mol. The highest BCUT2D eigenvalue weighted by molar-refractivity contribution is 5.77. The topological polar surface area (TPSA) is 61.6 Å². The Morgan fingerprint density at radius 1 is 1.43 bits per heavy atom. The highest BCUT2D eigenvalue weighted by Gasteiger charge is 2.27. The zero-order chi connectivity index (χ0) is 15.4. The predicted octanol–water partition coefficient (Wildman–Crippen LogP) is 2.56. The number of para-hydroxylation sites is 1. The first-order valence-corrected chi connectivity index (χ1v) is 7.48. The number of hydrogen-bond acceptors (Lipinski definition) is 5. The van der Waals surface area contributed by atoms with E-state index in [9.17, 15) is 10.1 Å². The van der Waals surface area contributed by atoms with Gasteiger partial charge in [-0.15, -0.1) is 0 Å². The lowest BCUT2D eigenvalue weighted by Gasteiger charge is -2.37. The molecule has 0 aromatic heterocycles. The van der Waals surface area contributed by atoms with Crippen LogP contribution in [-0.4, -0.2) is 49.6 Å². The Morgan fingerprint density at radius 2 is 2.10 bits per heavy atom. The summed E-state index contributed by atoms with van der Waals surface area (Å²) >= 11 is 0. The van der Waals surface area contributed by atoms with Gasteiger partial charge in [0, 0.05) is 33.2 Å². The van der Waals surface area contributed by atoms with Crippen LogP contribution in [0.5, 0.6) is 0 Å². The number of nitro groups is 1. The minimum absolute atomic E-state index is 0.167. The monoisotopic (exact) mass is 292 g/mol. The molecule has 1 aliphatic rings. The van der Waals surface area contributed by atoms with Gasteiger partial charge in [-0.05, 0) is 31.5 Å². The third-order valence-corrected chi connectivity index (χ3v) is 4.40. The number of likely N-dealkylation sites (tertiary alicyclic amines) is 1. The molecule has 1 aromatic carbocycles. The van der Waals surface area contributed by atoms with Gasteiger partial charge in [-0.1, -0.05) is 13.0 Å².